The van der Waals surface area contributed by atoms with E-state index in [2.05, 4.69) is 22.3 Å². The van der Waals surface area contributed by atoms with Gasteiger partial charge in [0.25, 0.3) is 5.91 Å². The number of likely N-dealkylation sites (N-methyl/N-ethyl adjacent to an activating group) is 1. The lowest BCUT2D eigenvalue weighted by Crippen LogP contribution is -2.30. The fourth-order valence-electron chi connectivity index (χ4n) is 2.40. The summed E-state index contributed by atoms with van der Waals surface area (Å²) in [7, 11) is 2.14. The number of nitrogens with two attached hydrogens (primary N) is 1. The van der Waals surface area contributed by atoms with Gasteiger partial charge in [-0.15, -0.1) is 0 Å². The maximum Gasteiger partial charge on any atom is 0.268 e. The zero-order valence-electron chi connectivity index (χ0n) is 11.6. The SMILES string of the molecule is Cc1oc(CN2CCCN(C)CC2)cc1C(=O)NN. The van der Waals surface area contributed by atoms with Gasteiger partial charge in [0.05, 0.1) is 12.1 Å². The van der Waals surface area contributed by atoms with Gasteiger partial charge in [0, 0.05) is 13.1 Å². The Labute approximate surface area is 113 Å². The van der Waals surface area contributed by atoms with Crippen molar-refractivity contribution in [1.29, 1.82) is 0 Å². The normalized spacial score (nSPS) is 18.3. The number of furan rings is 1. The summed E-state index contributed by atoms with van der Waals surface area (Å²) in [5, 5.41) is 0. The third-order valence-electron chi connectivity index (χ3n) is 3.54. The maximum absolute atomic E-state index is 11.5. The van der Waals surface area contributed by atoms with Crippen molar-refractivity contribution in [2.24, 2.45) is 5.84 Å². The number of amides is 1. The molecule has 0 saturated carbocycles. The predicted octanol–water partition coefficient (Wildman–Crippen LogP) is 0.329. The van der Waals surface area contributed by atoms with Crippen molar-refractivity contribution in [3.8, 4) is 0 Å². The molecule has 1 saturated heterocycles. The Morgan fingerprint density at radius 1 is 1.42 bits per heavy atom. The fourth-order valence-corrected chi connectivity index (χ4v) is 2.40. The number of nitrogen functional groups attached to an aromatic ring is 1. The van der Waals surface area contributed by atoms with E-state index in [1.165, 1.54) is 0 Å². The summed E-state index contributed by atoms with van der Waals surface area (Å²) in [5.74, 6) is 6.28. The number of hydrogen-bond donors (Lipinski definition) is 2. The molecule has 0 aliphatic carbocycles. The van der Waals surface area contributed by atoms with Gasteiger partial charge in [0.2, 0.25) is 0 Å². The van der Waals surface area contributed by atoms with Gasteiger partial charge in [-0.2, -0.15) is 0 Å². The van der Waals surface area contributed by atoms with Crippen LogP contribution >= 0.6 is 0 Å². The molecule has 1 amide bonds. The number of rotatable bonds is 3. The molecule has 1 aromatic rings. The summed E-state index contributed by atoms with van der Waals surface area (Å²) >= 11 is 0. The molecule has 0 atom stereocenters. The second kappa shape index (κ2) is 6.18. The Hall–Kier alpha value is -1.37. The minimum absolute atomic E-state index is 0.303. The molecule has 1 fully saturated rings. The number of nitrogens with zero attached hydrogens (tertiary/aromatic N) is 2. The number of hydrazine groups is 1. The van der Waals surface area contributed by atoms with E-state index in [0.29, 0.717) is 11.3 Å². The number of aryl methyl sites for hydroxylation is 1. The number of hydrogen-bond acceptors (Lipinski definition) is 5. The van der Waals surface area contributed by atoms with Crippen molar-refractivity contribution in [3.63, 3.8) is 0 Å². The van der Waals surface area contributed by atoms with Crippen molar-refractivity contribution in [1.82, 2.24) is 15.2 Å². The van der Waals surface area contributed by atoms with E-state index in [9.17, 15) is 4.79 Å². The fraction of sp³-hybridized carbons (Fsp3) is 0.615. The van der Waals surface area contributed by atoms with Crippen LogP contribution in [0.2, 0.25) is 0 Å². The third-order valence-corrected chi connectivity index (χ3v) is 3.54. The molecule has 0 bridgehead atoms. The van der Waals surface area contributed by atoms with Crippen LogP contribution in [-0.4, -0.2) is 48.9 Å². The second-order valence-corrected chi connectivity index (χ2v) is 5.09. The van der Waals surface area contributed by atoms with Crippen LogP contribution < -0.4 is 11.3 Å². The van der Waals surface area contributed by atoms with Gasteiger partial charge < -0.3 is 9.32 Å². The van der Waals surface area contributed by atoms with E-state index in [1.807, 2.05) is 0 Å². The minimum atomic E-state index is -0.303. The summed E-state index contributed by atoms with van der Waals surface area (Å²) in [4.78, 5) is 16.2. The molecule has 0 spiro atoms. The minimum Gasteiger partial charge on any atom is -0.464 e. The lowest BCUT2D eigenvalue weighted by molar-refractivity contribution is 0.0952. The Kier molecular flexibility index (Phi) is 4.57. The average Bonchev–Trinajstić information content (AvgIpc) is 2.62. The van der Waals surface area contributed by atoms with Gasteiger partial charge in [-0.25, -0.2) is 5.84 Å². The number of nitrogens with one attached hydrogen (secondary N) is 1. The Morgan fingerprint density at radius 2 is 2.21 bits per heavy atom. The zero-order chi connectivity index (χ0) is 13.8. The van der Waals surface area contributed by atoms with Gasteiger partial charge >= 0.3 is 0 Å². The summed E-state index contributed by atoms with van der Waals surface area (Å²) in [6, 6.07) is 1.78. The van der Waals surface area contributed by atoms with E-state index in [1.54, 1.807) is 13.0 Å². The highest BCUT2D eigenvalue weighted by Crippen LogP contribution is 2.17. The molecule has 0 aromatic carbocycles. The Bertz CT molecular complexity index is 444. The maximum atomic E-state index is 11.5. The third kappa shape index (κ3) is 3.56. The molecule has 2 rings (SSSR count). The van der Waals surface area contributed by atoms with Crippen LogP contribution in [0.3, 0.4) is 0 Å². The average molecular weight is 266 g/mol. The van der Waals surface area contributed by atoms with E-state index in [0.717, 1.165) is 44.9 Å². The standard InChI is InChI=1S/C13H22N4O2/c1-10-12(13(18)15-14)8-11(19-10)9-17-5-3-4-16(2)6-7-17/h8H,3-7,9,14H2,1-2H3,(H,15,18). The lowest BCUT2D eigenvalue weighted by Gasteiger charge is -2.18. The van der Waals surface area contributed by atoms with Crippen LogP contribution in [0.25, 0.3) is 0 Å². The number of carbonyl (C=O) groups excluding carboxylic acids is 1. The molecule has 0 unspecified atom stereocenters. The van der Waals surface area contributed by atoms with Crippen molar-refractivity contribution in [2.45, 2.75) is 19.9 Å². The molecule has 1 aromatic heterocycles. The van der Waals surface area contributed by atoms with Gasteiger partial charge in [0.1, 0.15) is 11.5 Å². The first-order valence-corrected chi connectivity index (χ1v) is 6.61. The van der Waals surface area contributed by atoms with Crippen LogP contribution in [0.4, 0.5) is 0 Å². The molecule has 106 valence electrons. The molecule has 3 N–H and O–H groups in total. The first-order chi connectivity index (χ1) is 9.10. The largest absolute Gasteiger partial charge is 0.464 e. The van der Waals surface area contributed by atoms with Crippen molar-refractivity contribution < 1.29 is 9.21 Å². The molecular weight excluding hydrogens is 244 g/mol. The highest BCUT2D eigenvalue weighted by molar-refractivity contribution is 5.94. The number of carbonyl (C=O) groups is 1. The van der Waals surface area contributed by atoms with Crippen LogP contribution in [0.1, 0.15) is 28.3 Å². The van der Waals surface area contributed by atoms with E-state index >= 15 is 0 Å². The molecule has 2 heterocycles. The molecular formula is C13H22N4O2. The predicted molar refractivity (Wildman–Crippen MR) is 72.5 cm³/mol. The van der Waals surface area contributed by atoms with Crippen molar-refractivity contribution in [3.05, 3.63) is 23.2 Å². The molecule has 1 aliphatic rings. The van der Waals surface area contributed by atoms with Crippen LogP contribution in [0, 0.1) is 6.92 Å². The smallest absolute Gasteiger partial charge is 0.268 e. The van der Waals surface area contributed by atoms with Crippen LogP contribution in [0.5, 0.6) is 0 Å². The molecule has 6 heteroatoms. The van der Waals surface area contributed by atoms with E-state index in [-0.39, 0.29) is 5.91 Å². The van der Waals surface area contributed by atoms with Crippen LogP contribution in [0.15, 0.2) is 10.5 Å². The van der Waals surface area contributed by atoms with Crippen molar-refractivity contribution >= 4 is 5.91 Å². The highest BCUT2D eigenvalue weighted by atomic mass is 16.3. The van der Waals surface area contributed by atoms with Gasteiger partial charge in [0.15, 0.2) is 0 Å². The molecule has 0 radical (unpaired) electrons. The summed E-state index contributed by atoms with van der Waals surface area (Å²) in [6.45, 7) is 6.80. The summed E-state index contributed by atoms with van der Waals surface area (Å²) in [5.41, 5.74) is 2.65. The second-order valence-electron chi connectivity index (χ2n) is 5.09. The summed E-state index contributed by atoms with van der Waals surface area (Å²) < 4.78 is 5.64. The highest BCUT2D eigenvalue weighted by Gasteiger charge is 2.17. The molecule has 19 heavy (non-hydrogen) atoms. The monoisotopic (exact) mass is 266 g/mol. The molecule has 1 aliphatic heterocycles. The quantitative estimate of drug-likeness (QED) is 0.468. The Morgan fingerprint density at radius 3 is 2.95 bits per heavy atom. The zero-order valence-corrected chi connectivity index (χ0v) is 11.6. The first kappa shape index (κ1) is 14.0. The Balaban J connectivity index is 2.01. The van der Waals surface area contributed by atoms with Crippen LogP contribution in [-0.2, 0) is 6.54 Å². The van der Waals surface area contributed by atoms with Gasteiger partial charge in [-0.1, -0.05) is 0 Å². The van der Waals surface area contributed by atoms with Gasteiger partial charge in [-0.3, -0.25) is 15.1 Å². The topological polar surface area (TPSA) is 74.7 Å². The van der Waals surface area contributed by atoms with Gasteiger partial charge in [-0.05, 0) is 39.5 Å². The molecule has 6 nitrogen and oxygen atoms in total. The van der Waals surface area contributed by atoms with E-state index < -0.39 is 0 Å². The lowest BCUT2D eigenvalue weighted by atomic mass is 10.2. The first-order valence-electron chi connectivity index (χ1n) is 6.61. The summed E-state index contributed by atoms with van der Waals surface area (Å²) in [6.07, 6.45) is 1.16. The van der Waals surface area contributed by atoms with Crippen molar-refractivity contribution in [2.75, 3.05) is 33.2 Å². The van der Waals surface area contributed by atoms with E-state index in [4.69, 9.17) is 10.3 Å².